The van der Waals surface area contributed by atoms with Gasteiger partial charge in [0.25, 0.3) is 5.91 Å². The number of benzene rings is 2. The highest BCUT2D eigenvalue weighted by Crippen LogP contribution is 2.65. The van der Waals surface area contributed by atoms with Crippen LogP contribution < -0.4 is 10.2 Å². The second-order valence-electron chi connectivity index (χ2n) is 9.33. The van der Waals surface area contributed by atoms with Crippen molar-refractivity contribution in [2.45, 2.75) is 19.8 Å². The first-order chi connectivity index (χ1) is 15.5. The fraction of sp³-hybridized carbons (Fsp3) is 0.346. The van der Waals surface area contributed by atoms with Gasteiger partial charge in [-0.2, -0.15) is 0 Å². The molecule has 1 saturated heterocycles. The van der Waals surface area contributed by atoms with E-state index in [2.05, 4.69) is 33.4 Å². The smallest absolute Gasteiger partial charge is 0.255 e. The first-order valence-corrected chi connectivity index (χ1v) is 12.0. The SMILES string of the molecule is CCc1cc(Br)ccc1NC(=O)c1cccc(N2C(=O)[C@@H]3[C@H]4C=C[C@@H]([C@@H]5C[C@H]45)[C@@H]3C2=O)c1. The molecule has 0 aromatic heterocycles. The van der Waals surface area contributed by atoms with Crippen LogP contribution in [0.4, 0.5) is 11.4 Å². The average Bonchev–Trinajstić information content (AvgIpc) is 3.58. The molecule has 1 heterocycles. The monoisotopic (exact) mass is 490 g/mol. The summed E-state index contributed by atoms with van der Waals surface area (Å²) >= 11 is 3.47. The van der Waals surface area contributed by atoms with Crippen LogP contribution >= 0.6 is 15.9 Å². The van der Waals surface area contributed by atoms with Crippen molar-refractivity contribution < 1.29 is 14.4 Å². The van der Waals surface area contributed by atoms with Gasteiger partial charge in [-0.15, -0.1) is 0 Å². The number of nitrogens with zero attached hydrogens (tertiary/aromatic N) is 1. The Hall–Kier alpha value is -2.73. The number of carbonyl (C=O) groups excluding carboxylic acids is 3. The van der Waals surface area contributed by atoms with Gasteiger partial charge in [0.2, 0.25) is 11.8 Å². The number of halogens is 1. The van der Waals surface area contributed by atoms with Crippen LogP contribution in [0.5, 0.6) is 0 Å². The molecule has 0 radical (unpaired) electrons. The van der Waals surface area contributed by atoms with E-state index in [1.807, 2.05) is 25.1 Å². The molecule has 5 aliphatic rings. The molecule has 32 heavy (non-hydrogen) atoms. The van der Waals surface area contributed by atoms with Gasteiger partial charge >= 0.3 is 0 Å². The summed E-state index contributed by atoms with van der Waals surface area (Å²) in [5, 5.41) is 2.97. The van der Waals surface area contributed by atoms with Crippen LogP contribution in [0, 0.1) is 35.5 Å². The Morgan fingerprint density at radius 2 is 1.72 bits per heavy atom. The molecule has 2 bridgehead atoms. The summed E-state index contributed by atoms with van der Waals surface area (Å²) in [7, 11) is 0. The van der Waals surface area contributed by atoms with Crippen LogP contribution in [0.1, 0.15) is 29.3 Å². The quantitative estimate of drug-likeness (QED) is 0.493. The Labute approximate surface area is 195 Å². The van der Waals surface area contributed by atoms with Gasteiger partial charge in [-0.05, 0) is 78.5 Å². The number of hydrogen-bond acceptors (Lipinski definition) is 3. The molecule has 1 aliphatic heterocycles. The van der Waals surface area contributed by atoms with Gasteiger partial charge in [0.15, 0.2) is 0 Å². The molecule has 5 nitrogen and oxygen atoms in total. The first-order valence-electron chi connectivity index (χ1n) is 11.2. The normalized spacial score (nSPS) is 31.5. The molecule has 6 heteroatoms. The number of hydrogen-bond donors (Lipinski definition) is 1. The van der Waals surface area contributed by atoms with Crippen molar-refractivity contribution in [1.29, 1.82) is 0 Å². The van der Waals surface area contributed by atoms with Gasteiger partial charge in [0, 0.05) is 15.7 Å². The second-order valence-corrected chi connectivity index (χ2v) is 10.2. The van der Waals surface area contributed by atoms with Crippen molar-refractivity contribution in [2.24, 2.45) is 35.5 Å². The minimum Gasteiger partial charge on any atom is -0.322 e. The number of anilines is 2. The number of nitrogens with one attached hydrogen (secondary N) is 1. The molecule has 6 atom stereocenters. The lowest BCUT2D eigenvalue weighted by Crippen LogP contribution is -2.40. The lowest BCUT2D eigenvalue weighted by atomic mass is 9.63. The van der Waals surface area contributed by atoms with Crippen LogP contribution in [0.2, 0.25) is 0 Å². The van der Waals surface area contributed by atoms with Gasteiger partial charge in [-0.25, -0.2) is 4.90 Å². The predicted octanol–water partition coefficient (Wildman–Crippen LogP) is 4.82. The van der Waals surface area contributed by atoms with Gasteiger partial charge in [-0.1, -0.05) is 41.1 Å². The van der Waals surface area contributed by atoms with Crippen LogP contribution in [-0.4, -0.2) is 17.7 Å². The van der Waals surface area contributed by atoms with E-state index in [-0.39, 0.29) is 41.4 Å². The van der Waals surface area contributed by atoms with Crippen LogP contribution in [0.15, 0.2) is 59.1 Å². The third-order valence-electron chi connectivity index (χ3n) is 7.73. The van der Waals surface area contributed by atoms with Crippen LogP contribution in [0.25, 0.3) is 0 Å². The van der Waals surface area contributed by atoms with E-state index in [1.54, 1.807) is 24.3 Å². The number of rotatable bonds is 4. The largest absolute Gasteiger partial charge is 0.322 e. The average molecular weight is 491 g/mol. The van der Waals surface area contributed by atoms with Crippen molar-refractivity contribution in [3.05, 3.63) is 70.2 Å². The van der Waals surface area contributed by atoms with Crippen molar-refractivity contribution in [3.8, 4) is 0 Å². The summed E-state index contributed by atoms with van der Waals surface area (Å²) in [4.78, 5) is 41.0. The maximum atomic E-state index is 13.4. The summed E-state index contributed by atoms with van der Waals surface area (Å²) in [6, 6.07) is 12.6. The van der Waals surface area contributed by atoms with Gasteiger partial charge < -0.3 is 5.32 Å². The molecule has 2 aromatic carbocycles. The molecule has 2 saturated carbocycles. The molecule has 7 rings (SSSR count). The predicted molar refractivity (Wildman–Crippen MR) is 125 cm³/mol. The fourth-order valence-corrected chi connectivity index (χ4v) is 6.58. The van der Waals surface area contributed by atoms with Gasteiger partial charge in [0.1, 0.15) is 0 Å². The fourth-order valence-electron chi connectivity index (χ4n) is 6.17. The Morgan fingerprint density at radius 1 is 1.03 bits per heavy atom. The van der Waals surface area contributed by atoms with Gasteiger partial charge in [-0.3, -0.25) is 14.4 Å². The number of allylic oxidation sites excluding steroid dienone is 2. The number of aryl methyl sites for hydroxylation is 1. The zero-order valence-corrected chi connectivity index (χ0v) is 19.2. The van der Waals surface area contributed by atoms with E-state index in [9.17, 15) is 14.4 Å². The van der Waals surface area contributed by atoms with E-state index in [4.69, 9.17) is 0 Å². The van der Waals surface area contributed by atoms with Crippen molar-refractivity contribution in [1.82, 2.24) is 0 Å². The highest BCUT2D eigenvalue weighted by atomic mass is 79.9. The third-order valence-corrected chi connectivity index (χ3v) is 8.22. The molecule has 4 aliphatic carbocycles. The molecule has 2 aromatic rings. The number of imide groups is 1. The molecule has 1 N–H and O–H groups in total. The Bertz CT molecular complexity index is 1170. The Balaban J connectivity index is 1.28. The van der Waals surface area contributed by atoms with Crippen molar-refractivity contribution in [3.63, 3.8) is 0 Å². The molecule has 3 fully saturated rings. The maximum Gasteiger partial charge on any atom is 0.255 e. The van der Waals surface area contributed by atoms with Crippen molar-refractivity contribution in [2.75, 3.05) is 10.2 Å². The van der Waals surface area contributed by atoms with E-state index in [0.29, 0.717) is 23.1 Å². The maximum absolute atomic E-state index is 13.4. The van der Waals surface area contributed by atoms with Crippen LogP contribution in [0.3, 0.4) is 0 Å². The van der Waals surface area contributed by atoms with E-state index in [1.165, 1.54) is 4.90 Å². The lowest BCUT2D eigenvalue weighted by molar-refractivity contribution is -0.124. The first kappa shape index (κ1) is 19.9. The summed E-state index contributed by atoms with van der Waals surface area (Å²) in [5.74, 6) is 0.551. The minimum absolute atomic E-state index is 0.108. The highest BCUT2D eigenvalue weighted by Gasteiger charge is 2.67. The summed E-state index contributed by atoms with van der Waals surface area (Å²) in [6.45, 7) is 2.04. The molecule has 162 valence electrons. The molecular formula is C26H23BrN2O3. The Morgan fingerprint density at radius 3 is 2.38 bits per heavy atom. The molecular weight excluding hydrogens is 468 g/mol. The molecule has 3 amide bonds. The molecule has 0 unspecified atom stereocenters. The summed E-state index contributed by atoms with van der Waals surface area (Å²) < 4.78 is 0.961. The van der Waals surface area contributed by atoms with E-state index < -0.39 is 0 Å². The summed E-state index contributed by atoms with van der Waals surface area (Å²) in [5.41, 5.74) is 2.69. The standard InChI is InChI=1S/C26H23BrN2O3/c1-2-13-10-15(27)6-9-21(13)28-24(30)14-4-3-5-16(11-14)29-25(31)22-17-7-8-18(20-12-19(17)20)23(22)26(29)32/h3-11,17-20,22-23H,2,12H2,1H3,(H,28,30)/t17-,18-,19-,20+,22-,23+/m0/s1. The van der Waals surface area contributed by atoms with Gasteiger partial charge in [0.05, 0.1) is 17.5 Å². The van der Waals surface area contributed by atoms with E-state index in [0.717, 1.165) is 28.6 Å². The van der Waals surface area contributed by atoms with Crippen molar-refractivity contribution >= 4 is 45.0 Å². The second kappa shape index (κ2) is 7.14. The topological polar surface area (TPSA) is 66.5 Å². The van der Waals surface area contributed by atoms with E-state index >= 15 is 0 Å². The highest BCUT2D eigenvalue weighted by molar-refractivity contribution is 9.10. The zero-order chi connectivity index (χ0) is 22.1. The number of amides is 3. The minimum atomic E-state index is -0.261. The summed E-state index contributed by atoms with van der Waals surface area (Å²) in [6.07, 6.45) is 6.26. The van der Waals surface area contributed by atoms with Crippen LogP contribution in [-0.2, 0) is 16.0 Å². The zero-order valence-electron chi connectivity index (χ0n) is 17.6. The Kier molecular flexibility index (Phi) is 4.44. The lowest BCUT2D eigenvalue weighted by Gasteiger charge is -2.37. The molecule has 0 spiro atoms. The third kappa shape index (κ3) is 2.85. The number of carbonyl (C=O) groups is 3.